The van der Waals surface area contributed by atoms with Crippen molar-refractivity contribution < 1.29 is 5.11 Å². The third-order valence-corrected chi connectivity index (χ3v) is 3.79. The highest BCUT2D eigenvalue weighted by atomic mass is 16.3. The van der Waals surface area contributed by atoms with Gasteiger partial charge in [-0.15, -0.1) is 0 Å². The van der Waals surface area contributed by atoms with E-state index in [0.717, 1.165) is 51.0 Å². The van der Waals surface area contributed by atoms with Gasteiger partial charge in [0.1, 0.15) is 0 Å². The number of pyridine rings is 1. The Balaban J connectivity index is 2.21. The molecule has 0 amide bonds. The lowest BCUT2D eigenvalue weighted by Gasteiger charge is -2.33. The van der Waals surface area contributed by atoms with Crippen molar-refractivity contribution in [2.45, 2.75) is 45.3 Å². The summed E-state index contributed by atoms with van der Waals surface area (Å²) in [6, 6.07) is 4.37. The van der Waals surface area contributed by atoms with Crippen molar-refractivity contribution in [3.8, 4) is 0 Å². The van der Waals surface area contributed by atoms with Gasteiger partial charge in [-0.05, 0) is 45.5 Å². The second-order valence-corrected chi connectivity index (χ2v) is 5.97. The number of aromatic nitrogens is 1. The number of piperidine rings is 1. The SMILES string of the molecule is CCCc1ccc(N2CCC(O)CC2)c(CN(C)C)n1. The minimum absolute atomic E-state index is 0.129. The molecule has 0 unspecified atom stereocenters. The Morgan fingerprint density at radius 3 is 2.60 bits per heavy atom. The second-order valence-electron chi connectivity index (χ2n) is 5.97. The third kappa shape index (κ3) is 3.93. The first kappa shape index (κ1) is 15.3. The maximum Gasteiger partial charge on any atom is 0.0779 e. The third-order valence-electron chi connectivity index (χ3n) is 3.79. The number of nitrogens with zero attached hydrogens (tertiary/aromatic N) is 3. The fourth-order valence-electron chi connectivity index (χ4n) is 2.75. The fraction of sp³-hybridized carbons (Fsp3) is 0.688. The number of hydrogen-bond acceptors (Lipinski definition) is 4. The molecule has 1 saturated heterocycles. The zero-order valence-corrected chi connectivity index (χ0v) is 13.0. The molecule has 4 heteroatoms. The molecule has 112 valence electrons. The van der Waals surface area contributed by atoms with Crippen LogP contribution in [0, 0.1) is 0 Å². The van der Waals surface area contributed by atoms with Crippen LogP contribution in [-0.4, -0.2) is 48.3 Å². The second kappa shape index (κ2) is 7.04. The van der Waals surface area contributed by atoms with Gasteiger partial charge in [-0.2, -0.15) is 0 Å². The maximum absolute atomic E-state index is 9.65. The zero-order chi connectivity index (χ0) is 14.5. The Morgan fingerprint density at radius 1 is 1.30 bits per heavy atom. The molecule has 0 saturated carbocycles. The van der Waals surface area contributed by atoms with Crippen molar-refractivity contribution in [3.05, 3.63) is 23.5 Å². The minimum Gasteiger partial charge on any atom is -0.393 e. The summed E-state index contributed by atoms with van der Waals surface area (Å²) in [5, 5.41) is 9.65. The summed E-state index contributed by atoms with van der Waals surface area (Å²) in [4.78, 5) is 9.39. The van der Waals surface area contributed by atoms with Crippen molar-refractivity contribution in [2.75, 3.05) is 32.1 Å². The number of rotatable bonds is 5. The lowest BCUT2D eigenvalue weighted by molar-refractivity contribution is 0.145. The Bertz CT molecular complexity index is 426. The molecule has 1 fully saturated rings. The van der Waals surface area contributed by atoms with Gasteiger partial charge in [-0.25, -0.2) is 0 Å². The van der Waals surface area contributed by atoms with Gasteiger partial charge in [0, 0.05) is 25.3 Å². The number of aryl methyl sites for hydroxylation is 1. The van der Waals surface area contributed by atoms with Crippen LogP contribution in [0.3, 0.4) is 0 Å². The van der Waals surface area contributed by atoms with Gasteiger partial charge in [0.15, 0.2) is 0 Å². The van der Waals surface area contributed by atoms with Crippen LogP contribution in [0.15, 0.2) is 12.1 Å². The summed E-state index contributed by atoms with van der Waals surface area (Å²) in [5.74, 6) is 0. The monoisotopic (exact) mass is 277 g/mol. The average Bonchev–Trinajstić information content (AvgIpc) is 2.40. The summed E-state index contributed by atoms with van der Waals surface area (Å²) in [7, 11) is 4.16. The van der Waals surface area contributed by atoms with Gasteiger partial charge in [0.25, 0.3) is 0 Å². The smallest absolute Gasteiger partial charge is 0.0779 e. The number of hydrogen-bond donors (Lipinski definition) is 1. The van der Waals surface area contributed by atoms with Crippen LogP contribution in [0.1, 0.15) is 37.6 Å². The van der Waals surface area contributed by atoms with Crippen LogP contribution in [0.25, 0.3) is 0 Å². The summed E-state index contributed by atoms with van der Waals surface area (Å²) in [6.07, 6.45) is 3.76. The van der Waals surface area contributed by atoms with E-state index in [0.29, 0.717) is 0 Å². The van der Waals surface area contributed by atoms with Gasteiger partial charge in [-0.1, -0.05) is 13.3 Å². The Hall–Kier alpha value is -1.13. The van der Waals surface area contributed by atoms with E-state index < -0.39 is 0 Å². The van der Waals surface area contributed by atoms with Crippen molar-refractivity contribution in [3.63, 3.8) is 0 Å². The highest BCUT2D eigenvalue weighted by Crippen LogP contribution is 2.24. The first-order valence-electron chi connectivity index (χ1n) is 7.66. The largest absolute Gasteiger partial charge is 0.393 e. The molecule has 0 atom stereocenters. The Morgan fingerprint density at radius 2 is 2.00 bits per heavy atom. The lowest BCUT2D eigenvalue weighted by atomic mass is 10.1. The molecule has 2 rings (SSSR count). The van der Waals surface area contributed by atoms with Crippen LogP contribution in [0.4, 0.5) is 5.69 Å². The molecular weight excluding hydrogens is 250 g/mol. The number of aliphatic hydroxyl groups is 1. The topological polar surface area (TPSA) is 39.6 Å². The van der Waals surface area contributed by atoms with E-state index in [-0.39, 0.29) is 6.10 Å². The molecule has 4 nitrogen and oxygen atoms in total. The van der Waals surface area contributed by atoms with Crippen molar-refractivity contribution in [2.24, 2.45) is 0 Å². The molecule has 0 aromatic carbocycles. The van der Waals surface area contributed by atoms with Crippen LogP contribution in [0.5, 0.6) is 0 Å². The standard InChI is InChI=1S/C16H27N3O/c1-4-5-13-6-7-16(15(17-13)12-18(2)3)19-10-8-14(20)9-11-19/h6-7,14,20H,4-5,8-12H2,1-3H3. The quantitative estimate of drug-likeness (QED) is 0.894. The first-order valence-corrected chi connectivity index (χ1v) is 7.66. The Labute approximate surface area is 122 Å². The minimum atomic E-state index is -0.129. The van der Waals surface area contributed by atoms with E-state index in [1.807, 2.05) is 0 Å². The van der Waals surface area contributed by atoms with E-state index >= 15 is 0 Å². The van der Waals surface area contributed by atoms with Crippen LogP contribution in [-0.2, 0) is 13.0 Å². The normalized spacial score (nSPS) is 16.9. The van der Waals surface area contributed by atoms with E-state index in [1.165, 1.54) is 11.4 Å². The van der Waals surface area contributed by atoms with Gasteiger partial charge < -0.3 is 14.9 Å². The van der Waals surface area contributed by atoms with Gasteiger partial charge in [0.2, 0.25) is 0 Å². The molecule has 1 N–H and O–H groups in total. The highest BCUT2D eigenvalue weighted by Gasteiger charge is 2.20. The van der Waals surface area contributed by atoms with Crippen molar-refractivity contribution in [1.29, 1.82) is 0 Å². The first-order chi connectivity index (χ1) is 9.60. The average molecular weight is 277 g/mol. The molecule has 0 bridgehead atoms. The molecule has 1 aliphatic heterocycles. The molecule has 1 aliphatic rings. The van der Waals surface area contributed by atoms with E-state index in [2.05, 4.69) is 43.0 Å². The van der Waals surface area contributed by atoms with Gasteiger partial charge in [0.05, 0.1) is 17.5 Å². The molecule has 20 heavy (non-hydrogen) atoms. The summed E-state index contributed by atoms with van der Waals surface area (Å²) < 4.78 is 0. The summed E-state index contributed by atoms with van der Waals surface area (Å²) in [5.41, 5.74) is 3.59. The lowest BCUT2D eigenvalue weighted by Crippen LogP contribution is -2.36. The van der Waals surface area contributed by atoms with Gasteiger partial charge >= 0.3 is 0 Å². The molecule has 0 radical (unpaired) electrons. The molecular formula is C16H27N3O. The molecule has 1 aromatic heterocycles. The summed E-state index contributed by atoms with van der Waals surface area (Å²) in [6.45, 7) is 4.91. The number of aliphatic hydroxyl groups excluding tert-OH is 1. The molecule has 1 aromatic rings. The zero-order valence-electron chi connectivity index (χ0n) is 13.0. The molecule has 0 spiro atoms. The van der Waals surface area contributed by atoms with E-state index in [4.69, 9.17) is 4.98 Å². The van der Waals surface area contributed by atoms with Crippen molar-refractivity contribution >= 4 is 5.69 Å². The molecule has 0 aliphatic carbocycles. The fourth-order valence-corrected chi connectivity index (χ4v) is 2.75. The van der Waals surface area contributed by atoms with Crippen LogP contribution < -0.4 is 4.90 Å². The van der Waals surface area contributed by atoms with E-state index in [1.54, 1.807) is 0 Å². The Kier molecular flexibility index (Phi) is 5.38. The van der Waals surface area contributed by atoms with Crippen LogP contribution in [0.2, 0.25) is 0 Å². The van der Waals surface area contributed by atoms with Crippen LogP contribution >= 0.6 is 0 Å². The van der Waals surface area contributed by atoms with Crippen molar-refractivity contribution in [1.82, 2.24) is 9.88 Å². The summed E-state index contributed by atoms with van der Waals surface area (Å²) >= 11 is 0. The number of anilines is 1. The predicted molar refractivity (Wildman–Crippen MR) is 83.1 cm³/mol. The predicted octanol–water partition coefficient (Wildman–Crippen LogP) is 2.06. The highest BCUT2D eigenvalue weighted by molar-refractivity contribution is 5.51. The molecule has 2 heterocycles. The maximum atomic E-state index is 9.65. The van der Waals surface area contributed by atoms with Gasteiger partial charge in [-0.3, -0.25) is 4.98 Å². The van der Waals surface area contributed by atoms with E-state index in [9.17, 15) is 5.11 Å².